The maximum absolute atomic E-state index is 12.9. The zero-order valence-corrected chi connectivity index (χ0v) is 17.5. The van der Waals surface area contributed by atoms with E-state index in [-0.39, 0.29) is 16.5 Å². The van der Waals surface area contributed by atoms with Gasteiger partial charge in [-0.05, 0) is 43.3 Å². The van der Waals surface area contributed by atoms with Crippen molar-refractivity contribution in [1.82, 2.24) is 4.98 Å². The standard InChI is InChI=1S/C22H18ClN3O3S/c1-14-21(17-9-2-4-11-19(17)24-14)22(27)25-15-7-6-8-16(13-15)30(28,29)26-20-12-5-3-10-18(20)23/h2-13,24,26H,1H3,(H,25,27). The molecule has 0 radical (unpaired) electrons. The molecule has 0 aliphatic rings. The molecule has 1 aromatic heterocycles. The van der Waals surface area contributed by atoms with Crippen LogP contribution in [0.4, 0.5) is 11.4 Å². The number of halogens is 1. The van der Waals surface area contributed by atoms with E-state index < -0.39 is 10.0 Å². The van der Waals surface area contributed by atoms with Gasteiger partial charge in [0.2, 0.25) is 0 Å². The first-order valence-corrected chi connectivity index (χ1v) is 11.0. The molecule has 3 aromatic carbocycles. The summed E-state index contributed by atoms with van der Waals surface area (Å²) in [4.78, 5) is 16.1. The third-order valence-corrected chi connectivity index (χ3v) is 6.33. The highest BCUT2D eigenvalue weighted by Gasteiger charge is 2.19. The first-order chi connectivity index (χ1) is 14.3. The Morgan fingerprint density at radius 2 is 1.70 bits per heavy atom. The van der Waals surface area contributed by atoms with Crippen LogP contribution in [0.2, 0.25) is 5.02 Å². The van der Waals surface area contributed by atoms with Crippen LogP contribution in [0.25, 0.3) is 10.9 Å². The van der Waals surface area contributed by atoms with Crippen LogP contribution in [0, 0.1) is 6.92 Å². The molecule has 4 aromatic rings. The van der Waals surface area contributed by atoms with E-state index in [0.717, 1.165) is 16.6 Å². The Balaban J connectivity index is 1.61. The zero-order valence-electron chi connectivity index (χ0n) is 15.9. The van der Waals surface area contributed by atoms with Crippen molar-refractivity contribution in [2.24, 2.45) is 0 Å². The quantitative estimate of drug-likeness (QED) is 0.400. The fourth-order valence-electron chi connectivity index (χ4n) is 3.25. The van der Waals surface area contributed by atoms with Crippen molar-refractivity contribution in [2.45, 2.75) is 11.8 Å². The average molecular weight is 440 g/mol. The van der Waals surface area contributed by atoms with Gasteiger partial charge in [0.1, 0.15) is 0 Å². The SMILES string of the molecule is Cc1[nH]c2ccccc2c1C(=O)Nc1cccc(S(=O)(=O)Nc2ccccc2Cl)c1. The summed E-state index contributed by atoms with van der Waals surface area (Å²) in [5, 5.41) is 3.88. The number of aromatic amines is 1. The Bertz CT molecular complexity index is 1360. The van der Waals surface area contributed by atoms with E-state index in [1.165, 1.54) is 12.1 Å². The topological polar surface area (TPSA) is 91.1 Å². The van der Waals surface area contributed by atoms with E-state index in [1.807, 2.05) is 31.2 Å². The number of nitrogens with one attached hydrogen (secondary N) is 3. The number of aryl methyl sites for hydroxylation is 1. The Morgan fingerprint density at radius 1 is 0.967 bits per heavy atom. The van der Waals surface area contributed by atoms with Crippen molar-refractivity contribution in [3.63, 3.8) is 0 Å². The van der Waals surface area contributed by atoms with Gasteiger partial charge in [0.05, 0.1) is 21.2 Å². The molecule has 0 bridgehead atoms. The Morgan fingerprint density at radius 3 is 2.50 bits per heavy atom. The van der Waals surface area contributed by atoms with Crippen molar-refractivity contribution in [3.05, 3.63) is 89.1 Å². The number of hydrogen-bond acceptors (Lipinski definition) is 3. The molecule has 0 saturated heterocycles. The number of anilines is 2. The molecule has 152 valence electrons. The highest BCUT2D eigenvalue weighted by atomic mass is 35.5. The second kappa shape index (κ2) is 7.85. The number of rotatable bonds is 5. The van der Waals surface area contributed by atoms with E-state index in [4.69, 9.17) is 11.6 Å². The van der Waals surface area contributed by atoms with Crippen LogP contribution in [0.5, 0.6) is 0 Å². The second-order valence-corrected chi connectivity index (χ2v) is 8.83. The lowest BCUT2D eigenvalue weighted by Gasteiger charge is -2.11. The van der Waals surface area contributed by atoms with Crippen LogP contribution in [0.15, 0.2) is 77.7 Å². The molecule has 1 heterocycles. The third kappa shape index (κ3) is 3.90. The van der Waals surface area contributed by atoms with Gasteiger partial charge in [-0.2, -0.15) is 0 Å². The lowest BCUT2D eigenvalue weighted by Crippen LogP contribution is -2.15. The highest BCUT2D eigenvalue weighted by molar-refractivity contribution is 7.92. The number of benzene rings is 3. The lowest BCUT2D eigenvalue weighted by molar-refractivity contribution is 0.102. The molecule has 30 heavy (non-hydrogen) atoms. The Labute approximate surface area is 178 Å². The van der Waals surface area contributed by atoms with Crippen molar-refractivity contribution < 1.29 is 13.2 Å². The van der Waals surface area contributed by atoms with Gasteiger partial charge in [0.25, 0.3) is 15.9 Å². The van der Waals surface area contributed by atoms with Gasteiger partial charge >= 0.3 is 0 Å². The van der Waals surface area contributed by atoms with Gasteiger partial charge < -0.3 is 10.3 Å². The Kier molecular flexibility index (Phi) is 5.24. The van der Waals surface area contributed by atoms with Crippen LogP contribution in [0.1, 0.15) is 16.1 Å². The molecular formula is C22H18ClN3O3S. The number of H-pyrrole nitrogens is 1. The van der Waals surface area contributed by atoms with Crippen LogP contribution >= 0.6 is 11.6 Å². The largest absolute Gasteiger partial charge is 0.358 e. The van der Waals surface area contributed by atoms with Gasteiger partial charge in [-0.25, -0.2) is 8.42 Å². The molecule has 6 nitrogen and oxygen atoms in total. The maximum atomic E-state index is 12.9. The van der Waals surface area contributed by atoms with Crippen LogP contribution < -0.4 is 10.0 Å². The molecule has 3 N–H and O–H groups in total. The second-order valence-electron chi connectivity index (χ2n) is 6.74. The molecule has 0 atom stereocenters. The van der Waals surface area contributed by atoms with Gasteiger partial charge in [-0.3, -0.25) is 9.52 Å². The number of hydrogen-bond donors (Lipinski definition) is 3. The maximum Gasteiger partial charge on any atom is 0.262 e. The first-order valence-electron chi connectivity index (χ1n) is 9.11. The van der Waals surface area contributed by atoms with Crippen molar-refractivity contribution in [2.75, 3.05) is 10.0 Å². The fourth-order valence-corrected chi connectivity index (χ4v) is 4.62. The van der Waals surface area contributed by atoms with Crippen LogP contribution in [-0.2, 0) is 10.0 Å². The summed E-state index contributed by atoms with van der Waals surface area (Å²) < 4.78 is 28.0. The minimum atomic E-state index is -3.88. The van der Waals surface area contributed by atoms with Gasteiger partial charge in [-0.1, -0.05) is 48.0 Å². The molecule has 0 unspecified atom stereocenters. The first kappa shape index (κ1) is 20.0. The average Bonchev–Trinajstić information content (AvgIpc) is 3.05. The number of amides is 1. The van der Waals surface area contributed by atoms with E-state index >= 15 is 0 Å². The normalized spacial score (nSPS) is 11.4. The van der Waals surface area contributed by atoms with E-state index in [2.05, 4.69) is 15.0 Å². The predicted molar refractivity (Wildman–Crippen MR) is 120 cm³/mol. The number of para-hydroxylation sites is 2. The summed E-state index contributed by atoms with van der Waals surface area (Å²) in [6.45, 7) is 1.82. The van der Waals surface area contributed by atoms with Crippen molar-refractivity contribution in [3.8, 4) is 0 Å². The molecular weight excluding hydrogens is 422 g/mol. The molecule has 0 aliphatic carbocycles. The summed E-state index contributed by atoms with van der Waals surface area (Å²) in [6, 6.07) is 20.1. The minimum absolute atomic E-state index is 0.0101. The summed E-state index contributed by atoms with van der Waals surface area (Å²) in [6.07, 6.45) is 0. The van der Waals surface area contributed by atoms with Crippen molar-refractivity contribution in [1.29, 1.82) is 0 Å². The van der Waals surface area contributed by atoms with Crippen LogP contribution in [0.3, 0.4) is 0 Å². The molecule has 0 saturated carbocycles. The number of fused-ring (bicyclic) bond motifs is 1. The summed E-state index contributed by atoms with van der Waals surface area (Å²) >= 11 is 6.05. The monoisotopic (exact) mass is 439 g/mol. The summed E-state index contributed by atoms with van der Waals surface area (Å²) in [5.41, 5.74) is 2.76. The predicted octanol–water partition coefficient (Wildman–Crippen LogP) is 5.18. The highest BCUT2D eigenvalue weighted by Crippen LogP contribution is 2.26. The lowest BCUT2D eigenvalue weighted by atomic mass is 10.1. The third-order valence-electron chi connectivity index (χ3n) is 4.64. The molecule has 0 aliphatic heterocycles. The van der Waals surface area contributed by atoms with E-state index in [1.54, 1.807) is 36.4 Å². The number of carbonyl (C=O) groups excluding carboxylic acids is 1. The van der Waals surface area contributed by atoms with Gasteiger partial charge in [0.15, 0.2) is 0 Å². The molecule has 1 amide bonds. The van der Waals surface area contributed by atoms with E-state index in [9.17, 15) is 13.2 Å². The summed E-state index contributed by atoms with van der Waals surface area (Å²) in [7, 11) is -3.88. The van der Waals surface area contributed by atoms with Gasteiger partial charge in [0, 0.05) is 22.3 Å². The number of carbonyl (C=O) groups is 1. The van der Waals surface area contributed by atoms with Crippen molar-refractivity contribution >= 4 is 49.8 Å². The molecule has 0 spiro atoms. The summed E-state index contributed by atoms with van der Waals surface area (Å²) in [5.74, 6) is -0.321. The zero-order chi connectivity index (χ0) is 21.3. The van der Waals surface area contributed by atoms with E-state index in [0.29, 0.717) is 16.3 Å². The Hall–Kier alpha value is -3.29. The van der Waals surface area contributed by atoms with Gasteiger partial charge in [-0.15, -0.1) is 0 Å². The fraction of sp³-hybridized carbons (Fsp3) is 0.0455. The number of sulfonamides is 1. The minimum Gasteiger partial charge on any atom is -0.358 e. The van der Waals surface area contributed by atoms with Crippen LogP contribution in [-0.4, -0.2) is 19.3 Å². The number of aromatic nitrogens is 1. The smallest absolute Gasteiger partial charge is 0.262 e. The molecule has 4 rings (SSSR count). The molecule has 0 fully saturated rings. The molecule has 8 heteroatoms.